The molecule has 6 N–H and O–H groups in total. The number of aryl methyl sites for hydroxylation is 1. The van der Waals surface area contributed by atoms with E-state index in [4.69, 9.17) is 10.4 Å². The number of aliphatic hydroxyl groups is 1. The van der Waals surface area contributed by atoms with Crippen LogP contribution in [0.1, 0.15) is 80.9 Å². The fourth-order valence-corrected chi connectivity index (χ4v) is 8.21. The quantitative estimate of drug-likeness (QED) is 0.134. The Morgan fingerprint density at radius 2 is 1.42 bits per heavy atom. The molecule has 2 aliphatic carbocycles. The second kappa shape index (κ2) is 13.7. The molecule has 7 rings (SSSR count). The second-order valence-electron chi connectivity index (χ2n) is 13.5. The Morgan fingerprint density at radius 1 is 0.780 bits per heavy atom. The van der Waals surface area contributed by atoms with Crippen molar-refractivity contribution in [2.45, 2.75) is 77.0 Å². The third kappa shape index (κ3) is 5.92. The molecule has 50 heavy (non-hydrogen) atoms. The van der Waals surface area contributed by atoms with Gasteiger partial charge in [-0.3, -0.25) is 34.4 Å². The van der Waals surface area contributed by atoms with Gasteiger partial charge in [-0.2, -0.15) is 0 Å². The van der Waals surface area contributed by atoms with E-state index < -0.39 is 29.4 Å². The minimum Gasteiger partial charge on any atom is -0.506 e. The Bertz CT molecular complexity index is 1880. The molecule has 14 heteroatoms. The van der Waals surface area contributed by atoms with Crippen LogP contribution in [-0.4, -0.2) is 81.7 Å². The summed E-state index contributed by atoms with van der Waals surface area (Å²) in [6.07, 6.45) is 7.26. The molecule has 0 atom stereocenters. The number of hydrogen-bond acceptors (Lipinski definition) is 10. The van der Waals surface area contributed by atoms with Gasteiger partial charge in [-0.05, 0) is 80.2 Å². The monoisotopic (exact) mass is 684 g/mol. The number of rotatable bonds is 8. The Kier molecular flexibility index (Phi) is 9.14. The van der Waals surface area contributed by atoms with E-state index in [1.165, 1.54) is 11.0 Å². The molecule has 14 nitrogen and oxygen atoms in total. The fourth-order valence-electron chi connectivity index (χ4n) is 8.21. The summed E-state index contributed by atoms with van der Waals surface area (Å²) in [5.41, 5.74) is 10.5. The van der Waals surface area contributed by atoms with Crippen molar-refractivity contribution in [2.24, 2.45) is 4.99 Å². The highest BCUT2D eigenvalue weighted by atomic mass is 16.5. The molecule has 0 spiro atoms. The van der Waals surface area contributed by atoms with Crippen LogP contribution in [0.25, 0.3) is 5.57 Å². The summed E-state index contributed by atoms with van der Waals surface area (Å²) in [6, 6.07) is 1.88. The van der Waals surface area contributed by atoms with E-state index in [9.17, 15) is 29.1 Å². The van der Waals surface area contributed by atoms with Gasteiger partial charge in [0.25, 0.3) is 0 Å². The van der Waals surface area contributed by atoms with Crippen LogP contribution in [0, 0.1) is 0 Å². The van der Waals surface area contributed by atoms with E-state index in [-0.39, 0.29) is 42.6 Å². The number of Topliss-reactive ketones (excluding diaryl/α,β-unsaturated/α-hetero) is 1. The molecule has 0 radical (unpaired) electrons. The number of amides is 4. The van der Waals surface area contributed by atoms with Crippen LogP contribution in [0.4, 0.5) is 11.4 Å². The Morgan fingerprint density at radius 3 is 2.14 bits per heavy atom. The van der Waals surface area contributed by atoms with Crippen molar-refractivity contribution in [3.63, 3.8) is 0 Å². The average molecular weight is 685 g/mol. The molecule has 4 aliphatic heterocycles. The molecular formula is C36H40N6O8. The van der Waals surface area contributed by atoms with Crippen LogP contribution in [0.5, 0.6) is 0 Å². The summed E-state index contributed by atoms with van der Waals surface area (Å²) in [7, 11) is 0. The molecule has 4 amide bonds. The van der Waals surface area contributed by atoms with Crippen molar-refractivity contribution >= 4 is 52.1 Å². The van der Waals surface area contributed by atoms with E-state index in [2.05, 4.69) is 20.1 Å². The lowest BCUT2D eigenvalue weighted by atomic mass is 9.73. The molecule has 1 saturated heterocycles. The number of hydroxylamine groups is 2. The van der Waals surface area contributed by atoms with Crippen LogP contribution >= 0.6 is 0 Å². The van der Waals surface area contributed by atoms with Gasteiger partial charge in [0.15, 0.2) is 0 Å². The molecule has 0 saturated carbocycles. The normalized spacial score (nSPS) is 21.7. The number of nitrogens with one attached hydrogen (secondary N) is 3. The summed E-state index contributed by atoms with van der Waals surface area (Å²) < 4.78 is 0. The summed E-state index contributed by atoms with van der Waals surface area (Å²) >= 11 is 0. The molecule has 1 aromatic rings. The number of aliphatic imine (C=N–C) groups is 1. The molecule has 4 heterocycles. The molecule has 1 fully saturated rings. The SMILES string of the molecule is O=C(CCC(=O)NO)N=C1C2=C3C(=C/C1=C1\C(=O)C(c4cc5c6c(c4NC(=O)CCC(=O)NO)CCCN6CCC5)=C1O)CCCN3CCC2. The first-order valence-corrected chi connectivity index (χ1v) is 17.3. The van der Waals surface area contributed by atoms with Gasteiger partial charge in [0.05, 0.1) is 22.5 Å². The maximum Gasteiger partial charge on any atom is 0.246 e. The number of carbonyl (C=O) groups excluding carboxylic acids is 5. The first-order chi connectivity index (χ1) is 24.2. The lowest BCUT2D eigenvalue weighted by Crippen LogP contribution is -2.38. The van der Waals surface area contributed by atoms with Crippen LogP contribution in [0.15, 0.2) is 50.9 Å². The predicted molar refractivity (Wildman–Crippen MR) is 181 cm³/mol. The van der Waals surface area contributed by atoms with Crippen molar-refractivity contribution in [1.82, 2.24) is 15.9 Å². The van der Waals surface area contributed by atoms with E-state index in [0.717, 1.165) is 98.4 Å². The Labute approximate surface area is 288 Å². The maximum absolute atomic E-state index is 14.4. The van der Waals surface area contributed by atoms with E-state index in [0.29, 0.717) is 35.4 Å². The largest absolute Gasteiger partial charge is 0.506 e. The maximum atomic E-state index is 14.4. The van der Waals surface area contributed by atoms with Gasteiger partial charge in [0.1, 0.15) is 5.76 Å². The number of ketones is 1. The molecule has 0 bridgehead atoms. The molecule has 6 aliphatic rings. The molecule has 0 unspecified atom stereocenters. The molecule has 262 valence electrons. The van der Waals surface area contributed by atoms with Crippen molar-refractivity contribution < 1.29 is 39.5 Å². The minimum atomic E-state index is -0.716. The predicted octanol–water partition coefficient (Wildman–Crippen LogP) is 3.09. The number of hydrogen-bond donors (Lipinski definition) is 6. The van der Waals surface area contributed by atoms with Gasteiger partial charge in [0, 0.05) is 80.0 Å². The van der Waals surface area contributed by atoms with Gasteiger partial charge in [-0.1, -0.05) is 0 Å². The Hall–Kier alpha value is -5.08. The van der Waals surface area contributed by atoms with Gasteiger partial charge in [-0.25, -0.2) is 16.0 Å². The average Bonchev–Trinajstić information content (AvgIpc) is 3.12. The van der Waals surface area contributed by atoms with Crippen LogP contribution in [-0.2, 0) is 36.8 Å². The van der Waals surface area contributed by atoms with Crippen molar-refractivity contribution in [3.05, 3.63) is 62.6 Å². The van der Waals surface area contributed by atoms with Crippen molar-refractivity contribution in [3.8, 4) is 0 Å². The summed E-state index contributed by atoms with van der Waals surface area (Å²) in [4.78, 5) is 72.9. The van der Waals surface area contributed by atoms with Gasteiger partial charge < -0.3 is 20.2 Å². The number of benzene rings is 1. The number of carbonyl (C=O) groups is 5. The standard InChI is InChI=1S/C36H40N6O8/c43-25(9-11-27(45)39-49)37-31-21-7-3-15-41-13-1-5-19(33(21)41)17-23(31)29-35(47)30(36(29)48)24-18-20-6-2-14-42-16-4-8-22(34(20)42)32(24)38-26(44)10-12-28(46)40-50/h17-18,47,49-50H,1-16H2,(H,37,43)(H,39,45)(H,40,46)/b30-24+,38-32?. The van der Waals surface area contributed by atoms with Crippen molar-refractivity contribution in [2.75, 3.05) is 36.4 Å². The first-order valence-electron chi connectivity index (χ1n) is 17.3. The molecular weight excluding hydrogens is 644 g/mol. The minimum absolute atomic E-state index is 0.0475. The third-order valence-electron chi connectivity index (χ3n) is 10.4. The molecule has 0 aromatic heterocycles. The lowest BCUT2D eigenvalue weighted by Gasteiger charge is -2.42. The highest BCUT2D eigenvalue weighted by Gasteiger charge is 2.43. The van der Waals surface area contributed by atoms with E-state index >= 15 is 0 Å². The van der Waals surface area contributed by atoms with Gasteiger partial charge in [-0.15, -0.1) is 0 Å². The number of nitrogens with zero attached hydrogens (tertiary/aromatic N) is 3. The zero-order valence-corrected chi connectivity index (χ0v) is 27.7. The summed E-state index contributed by atoms with van der Waals surface area (Å²) in [5, 5.41) is 32.6. The fraction of sp³-hybridized carbons (Fsp3) is 0.444. The highest BCUT2D eigenvalue weighted by Crippen LogP contribution is 2.49. The topological polar surface area (TPSA) is 201 Å². The van der Waals surface area contributed by atoms with Crippen LogP contribution < -0.4 is 21.2 Å². The van der Waals surface area contributed by atoms with Crippen molar-refractivity contribution in [1.29, 1.82) is 0 Å². The summed E-state index contributed by atoms with van der Waals surface area (Å²) in [6.45, 7) is 3.49. The smallest absolute Gasteiger partial charge is 0.246 e. The Balaban J connectivity index is 1.35. The van der Waals surface area contributed by atoms with Crippen LogP contribution in [0.2, 0.25) is 0 Å². The first kappa shape index (κ1) is 33.4. The van der Waals surface area contributed by atoms with Gasteiger partial charge >= 0.3 is 0 Å². The van der Waals surface area contributed by atoms with E-state index in [1.54, 1.807) is 0 Å². The highest BCUT2D eigenvalue weighted by molar-refractivity contribution is 6.42. The number of piperidine rings is 1. The van der Waals surface area contributed by atoms with E-state index in [1.807, 2.05) is 12.1 Å². The zero-order chi connectivity index (χ0) is 35.1. The van der Waals surface area contributed by atoms with Crippen LogP contribution in [0.3, 0.4) is 0 Å². The number of allylic oxidation sites excluding steroid dienone is 6. The van der Waals surface area contributed by atoms with Gasteiger partial charge in [0.2, 0.25) is 29.4 Å². The second-order valence-corrected chi connectivity index (χ2v) is 13.5. The number of aliphatic hydroxyl groups excluding tert-OH is 1. The third-order valence-corrected chi connectivity index (χ3v) is 10.4. The number of anilines is 2. The molecule has 1 aromatic carbocycles. The lowest BCUT2D eigenvalue weighted by molar-refractivity contribution is -0.131. The zero-order valence-electron chi connectivity index (χ0n) is 27.7. The summed E-state index contributed by atoms with van der Waals surface area (Å²) in [5.74, 6) is -3.16.